The van der Waals surface area contributed by atoms with Crippen LogP contribution in [-0.2, 0) is 21.3 Å². The second kappa shape index (κ2) is 7.94. The second-order valence-electron chi connectivity index (χ2n) is 6.21. The lowest BCUT2D eigenvalue weighted by Gasteiger charge is -2.25. The van der Waals surface area contributed by atoms with E-state index in [1.54, 1.807) is 11.1 Å². The fourth-order valence-corrected chi connectivity index (χ4v) is 3.43. The molecule has 1 aliphatic heterocycles. The summed E-state index contributed by atoms with van der Waals surface area (Å²) in [7, 11) is -3.79. The summed E-state index contributed by atoms with van der Waals surface area (Å²) in [5, 5.41) is 5.11. The van der Waals surface area contributed by atoms with E-state index < -0.39 is 10.0 Å². The number of hydrogen-bond acceptors (Lipinski definition) is 5. The number of nitrogens with two attached hydrogens (primary N) is 1. The molecule has 1 aromatic heterocycles. The van der Waals surface area contributed by atoms with Crippen LogP contribution >= 0.6 is 0 Å². The van der Waals surface area contributed by atoms with Crippen LogP contribution in [0.3, 0.4) is 0 Å². The van der Waals surface area contributed by atoms with E-state index in [1.807, 2.05) is 18.2 Å². The van der Waals surface area contributed by atoms with Crippen LogP contribution in [0.1, 0.15) is 28.9 Å². The number of nitrogens with zero attached hydrogens (tertiary/aromatic N) is 2. The molecule has 1 aromatic carbocycles. The second-order valence-corrected chi connectivity index (χ2v) is 7.77. The zero-order valence-electron chi connectivity index (χ0n) is 14.2. The lowest BCUT2D eigenvalue weighted by molar-refractivity contribution is 0.0504. The summed E-state index contributed by atoms with van der Waals surface area (Å²) >= 11 is 0. The molecule has 1 unspecified atom stereocenters. The molecule has 2 heterocycles. The number of benzene rings is 1. The van der Waals surface area contributed by atoms with E-state index in [2.05, 4.69) is 4.98 Å². The third kappa shape index (κ3) is 4.66. The molecular formula is C18H21N3O4S. The molecular weight excluding hydrogens is 354 g/mol. The number of aromatic nitrogens is 1. The number of hydrogen-bond donors (Lipinski definition) is 1. The lowest BCUT2D eigenvalue weighted by Crippen LogP contribution is -2.37. The summed E-state index contributed by atoms with van der Waals surface area (Å²) in [6.45, 7) is 1.53. The van der Waals surface area contributed by atoms with Gasteiger partial charge < -0.3 is 9.64 Å². The maximum atomic E-state index is 13.0. The van der Waals surface area contributed by atoms with Gasteiger partial charge in [-0.2, -0.15) is 0 Å². The van der Waals surface area contributed by atoms with E-state index in [0.717, 1.165) is 18.5 Å². The third-order valence-electron chi connectivity index (χ3n) is 4.24. The Morgan fingerprint density at radius 3 is 2.58 bits per heavy atom. The number of ether oxygens (including phenoxy) is 1. The molecule has 0 saturated carbocycles. The van der Waals surface area contributed by atoms with Crippen LogP contribution in [0.15, 0.2) is 53.6 Å². The Bertz CT molecular complexity index is 848. The largest absolute Gasteiger partial charge is 0.376 e. The minimum absolute atomic E-state index is 0.00588. The van der Waals surface area contributed by atoms with Gasteiger partial charge in [-0.1, -0.05) is 6.07 Å². The highest BCUT2D eigenvalue weighted by Gasteiger charge is 2.24. The number of rotatable bonds is 6. The van der Waals surface area contributed by atoms with Crippen LogP contribution in [0.25, 0.3) is 0 Å². The highest BCUT2D eigenvalue weighted by Crippen LogP contribution is 2.18. The van der Waals surface area contributed by atoms with Gasteiger partial charge in [-0.25, -0.2) is 13.6 Å². The average Bonchev–Trinajstić information content (AvgIpc) is 3.14. The van der Waals surface area contributed by atoms with Gasteiger partial charge >= 0.3 is 0 Å². The number of carbonyl (C=O) groups excluding carboxylic acids is 1. The van der Waals surface area contributed by atoms with Gasteiger partial charge in [0.25, 0.3) is 5.91 Å². The lowest BCUT2D eigenvalue weighted by atomic mass is 10.1. The van der Waals surface area contributed by atoms with Gasteiger partial charge in [-0.05, 0) is 49.2 Å². The number of sulfonamides is 1. The molecule has 0 spiro atoms. The molecule has 7 nitrogen and oxygen atoms in total. The van der Waals surface area contributed by atoms with Crippen LogP contribution in [-0.4, -0.2) is 43.5 Å². The maximum absolute atomic E-state index is 13.0. The van der Waals surface area contributed by atoms with Crippen LogP contribution in [0.5, 0.6) is 0 Å². The molecule has 1 fully saturated rings. The zero-order valence-corrected chi connectivity index (χ0v) is 15.1. The van der Waals surface area contributed by atoms with Crippen LogP contribution < -0.4 is 5.14 Å². The van der Waals surface area contributed by atoms with E-state index in [9.17, 15) is 13.2 Å². The first-order chi connectivity index (χ1) is 12.4. The average molecular weight is 375 g/mol. The molecule has 0 bridgehead atoms. The highest BCUT2D eigenvalue weighted by molar-refractivity contribution is 7.89. The molecule has 1 amide bonds. The molecule has 2 aromatic rings. The number of pyridine rings is 1. The Morgan fingerprint density at radius 1 is 1.23 bits per heavy atom. The highest BCUT2D eigenvalue weighted by atomic mass is 32.2. The minimum atomic E-state index is -3.79. The minimum Gasteiger partial charge on any atom is -0.376 e. The number of carbonyl (C=O) groups is 1. The Kier molecular flexibility index (Phi) is 5.65. The van der Waals surface area contributed by atoms with Crippen molar-refractivity contribution in [3.63, 3.8) is 0 Å². The zero-order chi connectivity index (χ0) is 18.6. The Labute approximate surface area is 152 Å². The van der Waals surface area contributed by atoms with Crippen molar-refractivity contribution in [2.24, 2.45) is 5.14 Å². The normalized spacial score (nSPS) is 17.2. The monoisotopic (exact) mass is 375 g/mol. The molecule has 2 N–H and O–H groups in total. The van der Waals surface area contributed by atoms with Gasteiger partial charge in [-0.3, -0.25) is 9.78 Å². The van der Waals surface area contributed by atoms with E-state index in [1.165, 1.54) is 24.3 Å². The number of primary sulfonamides is 1. The molecule has 26 heavy (non-hydrogen) atoms. The fourth-order valence-electron chi connectivity index (χ4n) is 2.91. The molecule has 1 atom stereocenters. The van der Waals surface area contributed by atoms with E-state index in [0.29, 0.717) is 25.3 Å². The maximum Gasteiger partial charge on any atom is 0.254 e. The quantitative estimate of drug-likeness (QED) is 0.825. The van der Waals surface area contributed by atoms with Crippen molar-refractivity contribution in [3.8, 4) is 0 Å². The standard InChI is InChI=1S/C18H21N3O4S/c19-26(23,24)17-8-6-14(7-9-17)18(22)21(13-16-5-3-11-25-16)12-15-4-1-2-10-20-15/h1-2,4,6-10,16H,3,5,11-13H2,(H2,19,23,24). The third-order valence-corrected chi connectivity index (χ3v) is 5.17. The van der Waals surface area contributed by atoms with E-state index >= 15 is 0 Å². The first-order valence-electron chi connectivity index (χ1n) is 8.37. The fraction of sp³-hybridized carbons (Fsp3) is 0.333. The van der Waals surface area contributed by atoms with Crippen molar-refractivity contribution in [1.29, 1.82) is 0 Å². The van der Waals surface area contributed by atoms with Gasteiger partial charge in [0.2, 0.25) is 10.0 Å². The van der Waals surface area contributed by atoms with Gasteiger partial charge in [0, 0.05) is 24.9 Å². The molecule has 1 saturated heterocycles. The van der Waals surface area contributed by atoms with E-state index in [4.69, 9.17) is 9.88 Å². The van der Waals surface area contributed by atoms with Crippen molar-refractivity contribution < 1.29 is 17.9 Å². The summed E-state index contributed by atoms with van der Waals surface area (Å²) in [6, 6.07) is 11.2. The predicted molar refractivity (Wildman–Crippen MR) is 95.8 cm³/mol. The molecule has 3 rings (SSSR count). The summed E-state index contributed by atoms with van der Waals surface area (Å²) < 4.78 is 28.4. The predicted octanol–water partition coefficient (Wildman–Crippen LogP) is 1.55. The Balaban J connectivity index is 1.81. The molecule has 1 aliphatic rings. The van der Waals surface area contributed by atoms with Crippen LogP contribution in [0, 0.1) is 0 Å². The summed E-state index contributed by atoms with van der Waals surface area (Å²) in [4.78, 5) is 18.9. The first kappa shape index (κ1) is 18.5. The number of amides is 1. The van der Waals surface area contributed by atoms with Crippen molar-refractivity contribution >= 4 is 15.9 Å². The SMILES string of the molecule is NS(=O)(=O)c1ccc(C(=O)N(Cc2ccccn2)CC2CCCO2)cc1. The Hall–Kier alpha value is -2.29. The van der Waals surface area contributed by atoms with Gasteiger partial charge in [0.05, 0.1) is 23.2 Å². The van der Waals surface area contributed by atoms with Crippen molar-refractivity contribution in [1.82, 2.24) is 9.88 Å². The van der Waals surface area contributed by atoms with Crippen LogP contribution in [0.2, 0.25) is 0 Å². The molecule has 0 aliphatic carbocycles. The van der Waals surface area contributed by atoms with Gasteiger partial charge in [-0.15, -0.1) is 0 Å². The van der Waals surface area contributed by atoms with Crippen molar-refractivity contribution in [2.45, 2.75) is 30.4 Å². The van der Waals surface area contributed by atoms with Gasteiger partial charge in [0.15, 0.2) is 0 Å². The summed E-state index contributed by atoms with van der Waals surface area (Å²) in [5.41, 5.74) is 1.17. The summed E-state index contributed by atoms with van der Waals surface area (Å²) in [5.74, 6) is -0.202. The Morgan fingerprint density at radius 2 is 2.00 bits per heavy atom. The van der Waals surface area contributed by atoms with Crippen LogP contribution in [0.4, 0.5) is 0 Å². The molecule has 138 valence electrons. The van der Waals surface area contributed by atoms with E-state index in [-0.39, 0.29) is 16.9 Å². The van der Waals surface area contributed by atoms with Crippen molar-refractivity contribution in [3.05, 3.63) is 59.9 Å². The topological polar surface area (TPSA) is 103 Å². The first-order valence-corrected chi connectivity index (χ1v) is 9.92. The molecule has 8 heteroatoms. The smallest absolute Gasteiger partial charge is 0.254 e. The summed E-state index contributed by atoms with van der Waals surface area (Å²) in [6.07, 6.45) is 3.59. The van der Waals surface area contributed by atoms with Crippen molar-refractivity contribution in [2.75, 3.05) is 13.2 Å². The molecule has 0 radical (unpaired) electrons. The van der Waals surface area contributed by atoms with Gasteiger partial charge in [0.1, 0.15) is 0 Å².